The number of rotatable bonds is 6. The lowest BCUT2D eigenvalue weighted by Gasteiger charge is -2.36. The molecule has 0 saturated carbocycles. The average molecular weight is 418 g/mol. The van der Waals surface area contributed by atoms with E-state index in [-0.39, 0.29) is 32.5 Å². The van der Waals surface area contributed by atoms with Crippen molar-refractivity contribution in [3.63, 3.8) is 0 Å². The Morgan fingerprint density at radius 2 is 0.533 bits per heavy atom. The SMILES string of the molecule is CC(C)(C)CC(C)(C)c1nc(C(C)(C)CC(C)(C)C)nc(C(C)(C)CC(C)(C)C)n1. The second-order valence-electron chi connectivity index (χ2n) is 15.2. The molecule has 1 rings (SSSR count). The van der Waals surface area contributed by atoms with Crippen molar-refractivity contribution in [1.29, 1.82) is 0 Å². The zero-order valence-electron chi connectivity index (χ0n) is 23.0. The van der Waals surface area contributed by atoms with Crippen LogP contribution in [0.1, 0.15) is 141 Å². The fraction of sp³-hybridized carbons (Fsp3) is 0.889. The monoisotopic (exact) mass is 417 g/mol. The van der Waals surface area contributed by atoms with Crippen molar-refractivity contribution in [3.05, 3.63) is 17.5 Å². The van der Waals surface area contributed by atoms with Gasteiger partial charge in [-0.3, -0.25) is 0 Å². The van der Waals surface area contributed by atoms with Gasteiger partial charge in [-0.15, -0.1) is 0 Å². The Kier molecular flexibility index (Phi) is 7.37. The molecule has 0 bridgehead atoms. The second-order valence-corrected chi connectivity index (χ2v) is 15.2. The summed E-state index contributed by atoms with van der Waals surface area (Å²) in [5.74, 6) is 2.84. The molecule has 0 amide bonds. The third-order valence-corrected chi connectivity index (χ3v) is 5.37. The molecule has 1 aromatic rings. The molecule has 3 nitrogen and oxygen atoms in total. The first-order valence-corrected chi connectivity index (χ1v) is 11.7. The van der Waals surface area contributed by atoms with Crippen molar-refractivity contribution in [2.45, 2.75) is 139 Å². The van der Waals surface area contributed by atoms with Crippen LogP contribution in [0.4, 0.5) is 0 Å². The van der Waals surface area contributed by atoms with E-state index in [1.807, 2.05) is 0 Å². The maximum absolute atomic E-state index is 5.13. The van der Waals surface area contributed by atoms with Gasteiger partial charge in [0.25, 0.3) is 0 Å². The maximum Gasteiger partial charge on any atom is 0.138 e. The molecule has 1 aromatic heterocycles. The highest BCUT2D eigenvalue weighted by Crippen LogP contribution is 2.40. The van der Waals surface area contributed by atoms with Crippen molar-refractivity contribution in [1.82, 2.24) is 15.0 Å². The quantitative estimate of drug-likeness (QED) is 0.470. The highest BCUT2D eigenvalue weighted by Gasteiger charge is 2.38. The van der Waals surface area contributed by atoms with Crippen LogP contribution >= 0.6 is 0 Å². The number of nitrogens with zero attached hydrogens (tertiary/aromatic N) is 3. The number of hydrogen-bond donors (Lipinski definition) is 0. The van der Waals surface area contributed by atoms with Gasteiger partial charge in [0.2, 0.25) is 0 Å². The first-order chi connectivity index (χ1) is 12.9. The van der Waals surface area contributed by atoms with Crippen LogP contribution in [0, 0.1) is 16.2 Å². The minimum atomic E-state index is -0.111. The second kappa shape index (κ2) is 8.17. The molecule has 174 valence electrons. The predicted octanol–water partition coefficient (Wildman–Crippen LogP) is 8.01. The molecule has 0 aliphatic rings. The minimum absolute atomic E-state index is 0.111. The Hall–Kier alpha value is -0.990. The molecule has 0 aliphatic heterocycles. The molecule has 0 radical (unpaired) electrons. The van der Waals surface area contributed by atoms with Gasteiger partial charge in [0, 0.05) is 16.2 Å². The Bertz CT molecular complexity index is 608. The van der Waals surface area contributed by atoms with Crippen LogP contribution in [0.15, 0.2) is 0 Å². The third-order valence-electron chi connectivity index (χ3n) is 5.37. The first kappa shape index (κ1) is 27.0. The van der Waals surface area contributed by atoms with Gasteiger partial charge >= 0.3 is 0 Å². The van der Waals surface area contributed by atoms with Crippen LogP contribution in [0.2, 0.25) is 0 Å². The molecule has 1 heterocycles. The smallest absolute Gasteiger partial charge is 0.138 e. The molecule has 0 atom stereocenters. The molecule has 0 fully saturated rings. The molecular formula is C27H51N3. The largest absolute Gasteiger partial charge is 0.217 e. The van der Waals surface area contributed by atoms with E-state index in [4.69, 9.17) is 15.0 Å². The van der Waals surface area contributed by atoms with Gasteiger partial charge in [-0.05, 0) is 35.5 Å². The van der Waals surface area contributed by atoms with Crippen LogP contribution in [-0.2, 0) is 16.2 Å². The van der Waals surface area contributed by atoms with Gasteiger partial charge in [0.15, 0.2) is 0 Å². The van der Waals surface area contributed by atoms with Crippen molar-refractivity contribution in [3.8, 4) is 0 Å². The summed E-state index contributed by atoms with van der Waals surface area (Å²) in [4.78, 5) is 15.4. The molecule has 0 saturated heterocycles. The van der Waals surface area contributed by atoms with Crippen LogP contribution < -0.4 is 0 Å². The van der Waals surface area contributed by atoms with Crippen molar-refractivity contribution in [2.75, 3.05) is 0 Å². The molecule has 0 aliphatic carbocycles. The van der Waals surface area contributed by atoms with Gasteiger partial charge in [-0.25, -0.2) is 15.0 Å². The third kappa shape index (κ3) is 8.27. The van der Waals surface area contributed by atoms with Crippen LogP contribution in [0.3, 0.4) is 0 Å². The number of aromatic nitrogens is 3. The van der Waals surface area contributed by atoms with Gasteiger partial charge < -0.3 is 0 Å². The number of hydrogen-bond acceptors (Lipinski definition) is 3. The summed E-state index contributed by atoms with van der Waals surface area (Å²) in [6.07, 6.45) is 3.09. The van der Waals surface area contributed by atoms with Gasteiger partial charge in [0.1, 0.15) is 17.5 Å². The Labute approximate surface area is 188 Å². The fourth-order valence-corrected chi connectivity index (χ4v) is 5.50. The average Bonchev–Trinajstić information content (AvgIpc) is 2.39. The molecule has 0 spiro atoms. The Balaban J connectivity index is 3.68. The summed E-state index contributed by atoms with van der Waals surface area (Å²) in [5, 5.41) is 0. The predicted molar refractivity (Wildman–Crippen MR) is 131 cm³/mol. The topological polar surface area (TPSA) is 38.7 Å². The van der Waals surface area contributed by atoms with E-state index in [1.54, 1.807) is 0 Å². The van der Waals surface area contributed by atoms with E-state index < -0.39 is 0 Å². The van der Waals surface area contributed by atoms with Crippen LogP contribution in [0.25, 0.3) is 0 Å². The molecule has 30 heavy (non-hydrogen) atoms. The maximum atomic E-state index is 5.13. The Morgan fingerprint density at radius 3 is 0.667 bits per heavy atom. The van der Waals surface area contributed by atoms with Crippen LogP contribution in [-0.4, -0.2) is 15.0 Å². The van der Waals surface area contributed by atoms with Gasteiger partial charge in [-0.1, -0.05) is 104 Å². The lowest BCUT2D eigenvalue weighted by atomic mass is 9.73. The Morgan fingerprint density at radius 1 is 0.367 bits per heavy atom. The zero-order valence-corrected chi connectivity index (χ0v) is 23.0. The highest BCUT2D eigenvalue weighted by molar-refractivity contribution is 5.17. The lowest BCUT2D eigenvalue weighted by Crippen LogP contribution is -2.35. The van der Waals surface area contributed by atoms with E-state index in [2.05, 4.69) is 104 Å². The summed E-state index contributed by atoms with van der Waals surface area (Å²) < 4.78 is 0. The molecule has 0 N–H and O–H groups in total. The molecule has 0 unspecified atom stereocenters. The summed E-state index contributed by atoms with van der Waals surface area (Å²) in [5.41, 5.74) is 0.288. The van der Waals surface area contributed by atoms with Crippen molar-refractivity contribution in [2.24, 2.45) is 16.2 Å². The summed E-state index contributed by atoms with van der Waals surface area (Å²) in [7, 11) is 0. The molecular weight excluding hydrogens is 366 g/mol. The van der Waals surface area contributed by atoms with Gasteiger partial charge in [0.05, 0.1) is 0 Å². The fourth-order valence-electron chi connectivity index (χ4n) is 5.50. The lowest BCUT2D eigenvalue weighted by molar-refractivity contribution is 0.249. The van der Waals surface area contributed by atoms with E-state index >= 15 is 0 Å². The van der Waals surface area contributed by atoms with E-state index in [1.165, 1.54) is 0 Å². The van der Waals surface area contributed by atoms with E-state index in [9.17, 15) is 0 Å². The molecule has 0 aromatic carbocycles. The van der Waals surface area contributed by atoms with E-state index in [0.29, 0.717) is 0 Å². The molecule has 3 heteroatoms. The summed E-state index contributed by atoms with van der Waals surface area (Å²) in [6, 6.07) is 0. The normalized spacial score (nSPS) is 14.9. The van der Waals surface area contributed by atoms with Crippen molar-refractivity contribution < 1.29 is 0 Å². The van der Waals surface area contributed by atoms with E-state index in [0.717, 1.165) is 36.7 Å². The summed E-state index contributed by atoms with van der Waals surface area (Å²) >= 11 is 0. The first-order valence-electron chi connectivity index (χ1n) is 11.7. The van der Waals surface area contributed by atoms with Gasteiger partial charge in [-0.2, -0.15) is 0 Å². The minimum Gasteiger partial charge on any atom is -0.217 e. The van der Waals surface area contributed by atoms with Crippen LogP contribution in [0.5, 0.6) is 0 Å². The summed E-state index contributed by atoms with van der Waals surface area (Å²) in [6.45, 7) is 34.4. The highest BCUT2D eigenvalue weighted by atomic mass is 15.1. The standard InChI is InChI=1S/C27H51N3/c1-22(2,3)16-25(10,11)19-28-20(26(12,13)17-23(4,5)6)30-21(29-19)27(14,15)18-24(7,8)9/h16-18H2,1-15H3. The van der Waals surface area contributed by atoms with Crippen molar-refractivity contribution >= 4 is 0 Å². The zero-order chi connectivity index (χ0) is 24.0.